The smallest absolute Gasteiger partial charge is 0.240 e. The number of hydrogen-bond acceptors (Lipinski definition) is 3. The van der Waals surface area contributed by atoms with Crippen LogP contribution in [-0.4, -0.2) is 15.6 Å². The Balaban J connectivity index is 1.44. The lowest BCUT2D eigenvalue weighted by Crippen LogP contribution is -2.36. The molecule has 0 saturated carbocycles. The van der Waals surface area contributed by atoms with E-state index < -0.39 is 0 Å². The number of rotatable bonds is 6. The quantitative estimate of drug-likeness (QED) is 0.446. The number of phenols is 1. The fourth-order valence-corrected chi connectivity index (χ4v) is 3.43. The van der Waals surface area contributed by atoms with Crippen molar-refractivity contribution in [3.8, 4) is 5.75 Å². The molecule has 0 fully saturated rings. The van der Waals surface area contributed by atoms with Crippen LogP contribution in [0, 0.1) is 0 Å². The highest BCUT2D eigenvalue weighted by Gasteiger charge is 2.11. The molecule has 0 saturated heterocycles. The fraction of sp³-hybridized carbons (Fsp3) is 0.0870. The van der Waals surface area contributed by atoms with Crippen molar-refractivity contribution >= 4 is 33.4 Å². The highest BCUT2D eigenvalue weighted by Crippen LogP contribution is 2.28. The summed E-state index contributed by atoms with van der Waals surface area (Å²) >= 11 is 0. The molecule has 0 radical (unpaired) electrons. The lowest BCUT2D eigenvalue weighted by atomic mass is 10.2. The van der Waals surface area contributed by atoms with Crippen molar-refractivity contribution < 1.29 is 9.90 Å². The molecule has 5 heteroatoms. The Morgan fingerprint density at radius 1 is 0.893 bits per heavy atom. The largest absolute Gasteiger partial charge is 0.508 e. The maximum Gasteiger partial charge on any atom is 0.240 e. The minimum atomic E-state index is -0.136. The molecule has 1 amide bonds. The third-order valence-electron chi connectivity index (χ3n) is 4.79. The number of fused-ring (bicyclic) bond motifs is 3. The van der Waals surface area contributed by atoms with E-state index in [4.69, 9.17) is 0 Å². The SMILES string of the molecule is C=C(NNC(=O)CCn1c2ccccc2c2ccccc21)c1cccc(O)c1. The van der Waals surface area contributed by atoms with Crippen LogP contribution in [-0.2, 0) is 11.3 Å². The molecule has 0 aliphatic carbocycles. The molecule has 0 atom stereocenters. The number of carbonyl (C=O) groups is 1. The van der Waals surface area contributed by atoms with Crippen LogP contribution in [0.2, 0.25) is 0 Å². The summed E-state index contributed by atoms with van der Waals surface area (Å²) in [5.41, 5.74) is 8.96. The Kier molecular flexibility index (Phi) is 4.72. The average Bonchev–Trinajstić information content (AvgIpc) is 3.04. The second-order valence-corrected chi connectivity index (χ2v) is 6.64. The summed E-state index contributed by atoms with van der Waals surface area (Å²) in [6, 6.07) is 23.2. The van der Waals surface area contributed by atoms with Crippen LogP contribution in [0.5, 0.6) is 5.75 Å². The van der Waals surface area contributed by atoms with E-state index in [-0.39, 0.29) is 11.7 Å². The van der Waals surface area contributed by atoms with Gasteiger partial charge in [-0.15, -0.1) is 0 Å². The van der Waals surface area contributed by atoms with Crippen molar-refractivity contribution in [1.82, 2.24) is 15.4 Å². The van der Waals surface area contributed by atoms with Crippen LogP contribution in [0.15, 0.2) is 79.4 Å². The predicted octanol–water partition coefficient (Wildman–Crippen LogP) is 4.18. The molecule has 0 spiro atoms. The van der Waals surface area contributed by atoms with Crippen LogP contribution in [0.4, 0.5) is 0 Å². The van der Waals surface area contributed by atoms with Gasteiger partial charge in [-0.25, -0.2) is 0 Å². The number of amides is 1. The Bertz CT molecular complexity index is 1120. The third-order valence-corrected chi connectivity index (χ3v) is 4.79. The lowest BCUT2D eigenvalue weighted by Gasteiger charge is -2.12. The van der Waals surface area contributed by atoms with Crippen LogP contribution in [0.25, 0.3) is 27.5 Å². The van der Waals surface area contributed by atoms with Gasteiger partial charge < -0.3 is 9.67 Å². The average molecular weight is 371 g/mol. The predicted molar refractivity (Wildman–Crippen MR) is 112 cm³/mol. The standard InChI is InChI=1S/C23H21N3O2/c1-16(17-7-6-8-18(27)15-17)24-25-23(28)13-14-26-21-11-4-2-9-19(21)20-10-3-5-12-22(20)26/h2-12,15,24,27H,1,13-14H2,(H,25,28). The van der Waals surface area contributed by atoms with Gasteiger partial charge in [0.2, 0.25) is 5.91 Å². The number of carbonyl (C=O) groups excluding carboxylic acids is 1. The van der Waals surface area contributed by atoms with E-state index in [0.29, 0.717) is 24.2 Å². The number of aromatic nitrogens is 1. The van der Waals surface area contributed by atoms with E-state index in [1.165, 1.54) is 10.8 Å². The summed E-state index contributed by atoms with van der Waals surface area (Å²) in [5, 5.41) is 11.9. The van der Waals surface area contributed by atoms with Crippen LogP contribution >= 0.6 is 0 Å². The van der Waals surface area contributed by atoms with Gasteiger partial charge in [0.15, 0.2) is 0 Å². The zero-order valence-electron chi connectivity index (χ0n) is 15.4. The summed E-state index contributed by atoms with van der Waals surface area (Å²) in [6.07, 6.45) is 0.322. The molecule has 0 aliphatic heterocycles. The number of hydrazine groups is 1. The molecule has 140 valence electrons. The van der Waals surface area contributed by atoms with E-state index in [9.17, 15) is 9.90 Å². The van der Waals surface area contributed by atoms with Crippen molar-refractivity contribution in [2.45, 2.75) is 13.0 Å². The van der Waals surface area contributed by atoms with Gasteiger partial charge in [0.1, 0.15) is 5.75 Å². The summed E-state index contributed by atoms with van der Waals surface area (Å²) < 4.78 is 2.17. The van der Waals surface area contributed by atoms with Crippen molar-refractivity contribution in [3.05, 3.63) is 84.9 Å². The molecule has 4 aromatic rings. The van der Waals surface area contributed by atoms with Gasteiger partial charge in [0.25, 0.3) is 0 Å². The Morgan fingerprint density at radius 2 is 1.54 bits per heavy atom. The highest BCUT2D eigenvalue weighted by molar-refractivity contribution is 6.08. The lowest BCUT2D eigenvalue weighted by molar-refractivity contribution is -0.121. The highest BCUT2D eigenvalue weighted by atomic mass is 16.3. The van der Waals surface area contributed by atoms with Gasteiger partial charge in [-0.05, 0) is 24.3 Å². The van der Waals surface area contributed by atoms with Gasteiger partial charge in [-0.1, -0.05) is 55.1 Å². The number of nitrogens with zero attached hydrogens (tertiary/aromatic N) is 1. The number of para-hydroxylation sites is 2. The first kappa shape index (κ1) is 17.7. The molecule has 0 aliphatic rings. The molecular weight excluding hydrogens is 350 g/mol. The van der Waals surface area contributed by atoms with Crippen LogP contribution in [0.3, 0.4) is 0 Å². The second-order valence-electron chi connectivity index (χ2n) is 6.64. The first-order chi connectivity index (χ1) is 13.6. The Hall–Kier alpha value is -3.73. The number of phenolic OH excluding ortho intramolecular Hbond substituents is 1. The molecule has 0 unspecified atom stereocenters. The van der Waals surface area contributed by atoms with Crippen molar-refractivity contribution in [3.63, 3.8) is 0 Å². The van der Waals surface area contributed by atoms with E-state index in [0.717, 1.165) is 11.0 Å². The molecular formula is C23H21N3O2. The van der Waals surface area contributed by atoms with Crippen LogP contribution < -0.4 is 10.9 Å². The molecule has 28 heavy (non-hydrogen) atoms. The summed E-state index contributed by atoms with van der Waals surface area (Å²) in [6.45, 7) is 4.46. The maximum atomic E-state index is 12.3. The van der Waals surface area contributed by atoms with Gasteiger partial charge >= 0.3 is 0 Å². The third kappa shape index (κ3) is 3.42. The second kappa shape index (κ2) is 7.48. The number of nitrogens with one attached hydrogen (secondary N) is 2. The van der Waals surface area contributed by atoms with Gasteiger partial charge in [-0.3, -0.25) is 15.6 Å². The molecule has 5 nitrogen and oxygen atoms in total. The Labute approximate surface area is 162 Å². The molecule has 3 aromatic carbocycles. The van der Waals surface area contributed by atoms with Gasteiger partial charge in [-0.2, -0.15) is 0 Å². The molecule has 1 heterocycles. The number of aromatic hydroxyl groups is 1. The minimum Gasteiger partial charge on any atom is -0.508 e. The maximum absolute atomic E-state index is 12.3. The summed E-state index contributed by atoms with van der Waals surface area (Å²) in [7, 11) is 0. The topological polar surface area (TPSA) is 66.3 Å². The van der Waals surface area contributed by atoms with Crippen molar-refractivity contribution in [2.75, 3.05) is 0 Å². The van der Waals surface area contributed by atoms with Crippen LogP contribution in [0.1, 0.15) is 12.0 Å². The van der Waals surface area contributed by atoms with E-state index in [1.807, 2.05) is 24.3 Å². The molecule has 3 N–H and O–H groups in total. The molecule has 4 rings (SSSR count). The number of hydrogen-bond donors (Lipinski definition) is 3. The molecule has 1 aromatic heterocycles. The van der Waals surface area contributed by atoms with E-state index in [2.05, 4.69) is 46.3 Å². The zero-order valence-corrected chi connectivity index (χ0v) is 15.4. The summed E-state index contributed by atoms with van der Waals surface area (Å²) in [4.78, 5) is 12.3. The zero-order chi connectivity index (χ0) is 19.5. The summed E-state index contributed by atoms with van der Waals surface area (Å²) in [5.74, 6) is 0.0151. The number of benzene rings is 3. The number of aryl methyl sites for hydroxylation is 1. The van der Waals surface area contributed by atoms with Crippen molar-refractivity contribution in [1.29, 1.82) is 0 Å². The normalized spacial score (nSPS) is 10.9. The molecule has 0 bridgehead atoms. The first-order valence-electron chi connectivity index (χ1n) is 9.12. The minimum absolute atomic E-state index is 0.136. The van der Waals surface area contributed by atoms with Crippen molar-refractivity contribution in [2.24, 2.45) is 0 Å². The Morgan fingerprint density at radius 3 is 2.18 bits per heavy atom. The van der Waals surface area contributed by atoms with Gasteiger partial charge in [0, 0.05) is 40.3 Å². The monoisotopic (exact) mass is 371 g/mol. The fourth-order valence-electron chi connectivity index (χ4n) is 3.43. The first-order valence-corrected chi connectivity index (χ1v) is 9.12. The van der Waals surface area contributed by atoms with Gasteiger partial charge in [0.05, 0.1) is 5.70 Å². The van der Waals surface area contributed by atoms with E-state index >= 15 is 0 Å². The van der Waals surface area contributed by atoms with E-state index in [1.54, 1.807) is 24.3 Å².